The molecule has 0 saturated carbocycles. The summed E-state index contributed by atoms with van der Waals surface area (Å²) < 4.78 is 37.2. The number of carbonyl (C=O) groups excluding carboxylic acids is 1. The Balaban J connectivity index is 1.66. The van der Waals surface area contributed by atoms with Crippen molar-refractivity contribution in [3.8, 4) is 5.88 Å². The summed E-state index contributed by atoms with van der Waals surface area (Å²) in [6, 6.07) is 11.3. The van der Waals surface area contributed by atoms with Gasteiger partial charge in [0.15, 0.2) is 0 Å². The van der Waals surface area contributed by atoms with Gasteiger partial charge in [-0.25, -0.2) is 18.2 Å². The molecule has 1 fully saturated rings. The van der Waals surface area contributed by atoms with E-state index in [-0.39, 0.29) is 17.5 Å². The van der Waals surface area contributed by atoms with Crippen LogP contribution in [0.1, 0.15) is 6.42 Å². The van der Waals surface area contributed by atoms with Crippen LogP contribution in [0.4, 0.5) is 10.5 Å². The fourth-order valence-corrected chi connectivity index (χ4v) is 4.11. The molecule has 1 aliphatic heterocycles. The molecule has 0 bridgehead atoms. The minimum Gasteiger partial charge on any atom is -0.473 e. The minimum atomic E-state index is -3.63. The molecule has 1 aromatic heterocycles. The van der Waals surface area contributed by atoms with E-state index in [0.29, 0.717) is 24.5 Å². The smallest absolute Gasteiger partial charge is 0.411 e. The summed E-state index contributed by atoms with van der Waals surface area (Å²) in [6.07, 6.45) is 1.37. The Kier molecular flexibility index (Phi) is 5.38. The second-order valence-corrected chi connectivity index (χ2v) is 7.64. The minimum absolute atomic E-state index is 0.159. The number of nitrogens with one attached hydrogen (secondary N) is 1. The molecule has 26 heavy (non-hydrogen) atoms. The van der Waals surface area contributed by atoms with Crippen LogP contribution in [0.5, 0.6) is 5.88 Å². The van der Waals surface area contributed by atoms with Gasteiger partial charge in [-0.05, 0) is 36.8 Å². The molecular formula is C17H19N3O5S. The van der Waals surface area contributed by atoms with E-state index in [1.165, 1.54) is 35.7 Å². The molecular weight excluding hydrogens is 358 g/mol. The number of rotatable bonds is 5. The number of hydrogen-bond donors (Lipinski definition) is 1. The first-order valence-electron chi connectivity index (χ1n) is 8.02. The first-order valence-corrected chi connectivity index (χ1v) is 9.46. The number of sulfonamides is 1. The van der Waals surface area contributed by atoms with Crippen molar-refractivity contribution < 1.29 is 22.7 Å². The van der Waals surface area contributed by atoms with Crippen molar-refractivity contribution >= 4 is 21.8 Å². The Morgan fingerprint density at radius 2 is 2.00 bits per heavy atom. The molecule has 1 N–H and O–H groups in total. The van der Waals surface area contributed by atoms with Crippen molar-refractivity contribution in [3.05, 3.63) is 48.7 Å². The number of pyridine rings is 1. The third-order valence-corrected chi connectivity index (χ3v) is 5.84. The lowest BCUT2D eigenvalue weighted by Crippen LogP contribution is -2.31. The summed E-state index contributed by atoms with van der Waals surface area (Å²) in [5.41, 5.74) is 0.452. The van der Waals surface area contributed by atoms with Crippen LogP contribution >= 0.6 is 0 Å². The van der Waals surface area contributed by atoms with E-state index in [1.54, 1.807) is 18.3 Å². The summed E-state index contributed by atoms with van der Waals surface area (Å²) >= 11 is 0. The molecule has 0 aliphatic carbocycles. The molecule has 138 valence electrons. The molecule has 0 unspecified atom stereocenters. The van der Waals surface area contributed by atoms with Crippen molar-refractivity contribution in [2.24, 2.45) is 0 Å². The Hall–Kier alpha value is -2.65. The highest BCUT2D eigenvalue weighted by Gasteiger charge is 2.33. The standard InChI is InChI=1S/C17H19N3O5S/c1-24-17(21)19-13-5-7-15(8-6-13)26(22,23)20-11-9-14(12-20)25-16-4-2-3-10-18-16/h2-8,10,14H,9,11-12H2,1H3,(H,19,21)/t14-/m0/s1. The van der Waals surface area contributed by atoms with Gasteiger partial charge < -0.3 is 9.47 Å². The highest BCUT2D eigenvalue weighted by atomic mass is 32.2. The number of methoxy groups -OCH3 is 1. The van der Waals surface area contributed by atoms with Gasteiger partial charge in [-0.1, -0.05) is 6.07 Å². The summed E-state index contributed by atoms with van der Waals surface area (Å²) in [4.78, 5) is 15.4. The van der Waals surface area contributed by atoms with Gasteiger partial charge in [0.1, 0.15) is 6.10 Å². The first kappa shape index (κ1) is 18.2. The second-order valence-electron chi connectivity index (χ2n) is 5.70. The largest absolute Gasteiger partial charge is 0.473 e. The molecule has 2 aromatic rings. The highest BCUT2D eigenvalue weighted by Crippen LogP contribution is 2.24. The molecule has 1 saturated heterocycles. The normalized spacial score (nSPS) is 17.7. The van der Waals surface area contributed by atoms with E-state index >= 15 is 0 Å². The molecule has 0 radical (unpaired) electrons. The Morgan fingerprint density at radius 1 is 1.23 bits per heavy atom. The zero-order valence-electron chi connectivity index (χ0n) is 14.2. The number of ether oxygens (including phenoxy) is 2. The van der Waals surface area contributed by atoms with Gasteiger partial charge in [0.2, 0.25) is 15.9 Å². The van der Waals surface area contributed by atoms with E-state index < -0.39 is 16.1 Å². The van der Waals surface area contributed by atoms with Crippen LogP contribution in [0.2, 0.25) is 0 Å². The first-order chi connectivity index (χ1) is 12.5. The van der Waals surface area contributed by atoms with Gasteiger partial charge in [-0.3, -0.25) is 5.32 Å². The predicted molar refractivity (Wildman–Crippen MR) is 94.5 cm³/mol. The number of carbonyl (C=O) groups is 1. The maximum absolute atomic E-state index is 12.8. The van der Waals surface area contributed by atoms with Crippen LogP contribution in [0.3, 0.4) is 0 Å². The Bertz CT molecular complexity index is 856. The fraction of sp³-hybridized carbons (Fsp3) is 0.294. The lowest BCUT2D eigenvalue weighted by molar-refractivity contribution is 0.187. The monoisotopic (exact) mass is 377 g/mol. The average molecular weight is 377 g/mol. The topological polar surface area (TPSA) is 97.8 Å². The quantitative estimate of drug-likeness (QED) is 0.857. The number of hydrogen-bond acceptors (Lipinski definition) is 6. The number of nitrogens with zero attached hydrogens (tertiary/aromatic N) is 2. The molecule has 8 nitrogen and oxygen atoms in total. The predicted octanol–water partition coefficient (Wildman–Crippen LogP) is 2.10. The number of aromatic nitrogens is 1. The van der Waals surface area contributed by atoms with Crippen molar-refractivity contribution in [3.63, 3.8) is 0 Å². The molecule has 1 amide bonds. The van der Waals surface area contributed by atoms with Gasteiger partial charge in [-0.2, -0.15) is 4.31 Å². The fourth-order valence-electron chi connectivity index (χ4n) is 2.63. The Labute approximate surface area is 151 Å². The van der Waals surface area contributed by atoms with Crippen LogP contribution in [-0.2, 0) is 14.8 Å². The lowest BCUT2D eigenvalue weighted by atomic mass is 10.3. The molecule has 1 atom stereocenters. The average Bonchev–Trinajstić information content (AvgIpc) is 3.12. The zero-order chi connectivity index (χ0) is 18.6. The van der Waals surface area contributed by atoms with Crippen molar-refractivity contribution in [1.82, 2.24) is 9.29 Å². The van der Waals surface area contributed by atoms with E-state index in [1.807, 2.05) is 6.07 Å². The number of amides is 1. The zero-order valence-corrected chi connectivity index (χ0v) is 15.0. The second kappa shape index (κ2) is 7.71. The van der Waals surface area contributed by atoms with Gasteiger partial charge in [0.05, 0.1) is 18.6 Å². The van der Waals surface area contributed by atoms with E-state index in [4.69, 9.17) is 4.74 Å². The summed E-state index contributed by atoms with van der Waals surface area (Å²) in [5, 5.41) is 2.48. The van der Waals surface area contributed by atoms with Crippen LogP contribution in [0.25, 0.3) is 0 Å². The van der Waals surface area contributed by atoms with Gasteiger partial charge in [0.25, 0.3) is 0 Å². The number of benzene rings is 1. The third-order valence-electron chi connectivity index (χ3n) is 3.96. The highest BCUT2D eigenvalue weighted by molar-refractivity contribution is 7.89. The van der Waals surface area contributed by atoms with Gasteiger partial charge in [0, 0.05) is 24.5 Å². The van der Waals surface area contributed by atoms with Gasteiger partial charge in [-0.15, -0.1) is 0 Å². The summed E-state index contributed by atoms with van der Waals surface area (Å²) in [5.74, 6) is 0.481. The van der Waals surface area contributed by atoms with Crippen LogP contribution in [0, 0.1) is 0 Å². The molecule has 1 aliphatic rings. The molecule has 2 heterocycles. The molecule has 0 spiro atoms. The van der Waals surface area contributed by atoms with E-state index in [9.17, 15) is 13.2 Å². The maximum atomic E-state index is 12.8. The maximum Gasteiger partial charge on any atom is 0.411 e. The molecule has 1 aromatic carbocycles. The molecule has 9 heteroatoms. The van der Waals surface area contributed by atoms with Crippen molar-refractivity contribution in [2.75, 3.05) is 25.5 Å². The Morgan fingerprint density at radius 3 is 2.65 bits per heavy atom. The molecule has 3 rings (SSSR count). The number of anilines is 1. The summed E-state index contributed by atoms with van der Waals surface area (Å²) in [7, 11) is -2.37. The van der Waals surface area contributed by atoms with E-state index in [2.05, 4.69) is 15.0 Å². The SMILES string of the molecule is COC(=O)Nc1ccc(S(=O)(=O)N2CC[C@H](Oc3ccccn3)C2)cc1. The van der Waals surface area contributed by atoms with Crippen LogP contribution in [-0.4, -0.2) is 50.1 Å². The van der Waals surface area contributed by atoms with Crippen molar-refractivity contribution in [2.45, 2.75) is 17.4 Å². The van der Waals surface area contributed by atoms with Crippen molar-refractivity contribution in [1.29, 1.82) is 0 Å². The van der Waals surface area contributed by atoms with Crippen LogP contribution in [0.15, 0.2) is 53.6 Å². The van der Waals surface area contributed by atoms with E-state index in [0.717, 1.165) is 0 Å². The van der Waals surface area contributed by atoms with Gasteiger partial charge >= 0.3 is 6.09 Å². The third kappa shape index (κ3) is 4.12. The lowest BCUT2D eigenvalue weighted by Gasteiger charge is -2.17. The summed E-state index contributed by atoms with van der Waals surface area (Å²) in [6.45, 7) is 0.642. The van der Waals surface area contributed by atoms with Crippen LogP contribution < -0.4 is 10.1 Å².